The van der Waals surface area contributed by atoms with Crippen LogP contribution in [0.3, 0.4) is 0 Å². The van der Waals surface area contributed by atoms with Gasteiger partial charge < -0.3 is 9.80 Å². The number of piperidine rings is 1. The molecule has 0 aromatic carbocycles. The van der Waals surface area contributed by atoms with Crippen LogP contribution in [0, 0.1) is 0 Å². The van der Waals surface area contributed by atoms with Gasteiger partial charge in [-0.25, -0.2) is 0 Å². The number of aromatic nitrogens is 1. The molecule has 5 nitrogen and oxygen atoms in total. The van der Waals surface area contributed by atoms with Crippen LogP contribution in [0.25, 0.3) is 0 Å². The van der Waals surface area contributed by atoms with Gasteiger partial charge >= 0.3 is 0 Å². The molecule has 1 fully saturated rings. The number of nitrogens with zero attached hydrogens (tertiary/aromatic N) is 3. The average molecular weight is 303 g/mol. The van der Waals surface area contributed by atoms with Crippen LogP contribution in [-0.4, -0.2) is 53.3 Å². The molecule has 0 atom stereocenters. The molecule has 0 radical (unpaired) electrons. The third kappa shape index (κ3) is 4.06. The fourth-order valence-electron chi connectivity index (χ4n) is 2.67. The van der Waals surface area contributed by atoms with Crippen molar-refractivity contribution in [1.29, 1.82) is 0 Å². The smallest absolute Gasteiger partial charge is 0.255 e. The van der Waals surface area contributed by atoms with Crippen molar-refractivity contribution in [2.75, 3.05) is 26.7 Å². The van der Waals surface area contributed by atoms with Gasteiger partial charge in [-0.1, -0.05) is 13.3 Å². The molecule has 1 aromatic heterocycles. The molecular weight excluding hydrogens is 278 g/mol. The minimum Gasteiger partial charge on any atom is -0.342 e. The Balaban J connectivity index is 2.08. The summed E-state index contributed by atoms with van der Waals surface area (Å²) in [5.41, 5.74) is 0.998. The zero-order valence-corrected chi connectivity index (χ0v) is 13.5. The van der Waals surface area contributed by atoms with Crippen molar-refractivity contribution in [2.24, 2.45) is 0 Å². The summed E-state index contributed by atoms with van der Waals surface area (Å²) < 4.78 is 0. The molecule has 0 N–H and O–H groups in total. The SMILES string of the molecule is CCCCN(C)C(=O)c1cncc(C(=O)N2CCCCC2)c1. The summed E-state index contributed by atoms with van der Waals surface area (Å²) in [5, 5.41) is 0. The summed E-state index contributed by atoms with van der Waals surface area (Å²) in [6.45, 7) is 4.41. The molecule has 1 aromatic rings. The van der Waals surface area contributed by atoms with E-state index in [0.717, 1.165) is 45.3 Å². The second-order valence-electron chi connectivity index (χ2n) is 5.90. The number of carbonyl (C=O) groups excluding carboxylic acids is 2. The third-order valence-electron chi connectivity index (χ3n) is 4.07. The van der Waals surface area contributed by atoms with Crippen LogP contribution < -0.4 is 0 Å². The minimum absolute atomic E-state index is 0.0157. The second kappa shape index (κ2) is 7.92. The topological polar surface area (TPSA) is 53.5 Å². The van der Waals surface area contributed by atoms with E-state index < -0.39 is 0 Å². The van der Waals surface area contributed by atoms with Crippen LogP contribution >= 0.6 is 0 Å². The molecule has 1 saturated heterocycles. The van der Waals surface area contributed by atoms with E-state index in [1.54, 1.807) is 24.2 Å². The Bertz CT molecular complexity index is 524. The van der Waals surface area contributed by atoms with Gasteiger partial charge in [0.15, 0.2) is 0 Å². The fraction of sp³-hybridized carbons (Fsp3) is 0.588. The first kappa shape index (κ1) is 16.5. The predicted molar refractivity (Wildman–Crippen MR) is 85.9 cm³/mol. The maximum atomic E-state index is 12.5. The van der Waals surface area contributed by atoms with Gasteiger partial charge in [-0.05, 0) is 31.7 Å². The van der Waals surface area contributed by atoms with Crippen molar-refractivity contribution < 1.29 is 9.59 Å². The maximum Gasteiger partial charge on any atom is 0.255 e. The van der Waals surface area contributed by atoms with Crippen molar-refractivity contribution in [1.82, 2.24) is 14.8 Å². The molecule has 5 heteroatoms. The number of pyridine rings is 1. The van der Waals surface area contributed by atoms with Crippen molar-refractivity contribution in [3.63, 3.8) is 0 Å². The summed E-state index contributed by atoms with van der Waals surface area (Å²) in [6.07, 6.45) is 8.40. The Morgan fingerprint density at radius 2 is 1.86 bits per heavy atom. The highest BCUT2D eigenvalue weighted by molar-refractivity contribution is 5.99. The number of amides is 2. The number of unbranched alkanes of at least 4 members (excludes halogenated alkanes) is 1. The Kier molecular flexibility index (Phi) is 5.92. The third-order valence-corrected chi connectivity index (χ3v) is 4.07. The fourth-order valence-corrected chi connectivity index (χ4v) is 2.67. The van der Waals surface area contributed by atoms with Crippen LogP contribution in [0.15, 0.2) is 18.5 Å². The van der Waals surface area contributed by atoms with E-state index in [-0.39, 0.29) is 11.8 Å². The van der Waals surface area contributed by atoms with Gasteiger partial charge in [-0.2, -0.15) is 0 Å². The van der Waals surface area contributed by atoms with Gasteiger partial charge in [0.25, 0.3) is 11.8 Å². The maximum absolute atomic E-state index is 12.5. The van der Waals surface area contributed by atoms with Crippen molar-refractivity contribution in [3.05, 3.63) is 29.6 Å². The number of carbonyl (C=O) groups is 2. The highest BCUT2D eigenvalue weighted by Crippen LogP contribution is 2.14. The number of hydrogen-bond donors (Lipinski definition) is 0. The Morgan fingerprint density at radius 3 is 2.55 bits per heavy atom. The van der Waals surface area contributed by atoms with Crippen LogP contribution in [0.5, 0.6) is 0 Å². The molecule has 0 saturated carbocycles. The summed E-state index contributed by atoms with van der Waals surface area (Å²) in [6, 6.07) is 1.68. The average Bonchev–Trinajstić information content (AvgIpc) is 2.59. The first-order chi connectivity index (χ1) is 10.6. The van der Waals surface area contributed by atoms with E-state index in [1.165, 1.54) is 12.6 Å². The van der Waals surface area contributed by atoms with Crippen LogP contribution in [0.1, 0.15) is 59.7 Å². The Labute approximate surface area is 132 Å². The van der Waals surface area contributed by atoms with E-state index in [0.29, 0.717) is 11.1 Å². The largest absolute Gasteiger partial charge is 0.342 e. The lowest BCUT2D eigenvalue weighted by Crippen LogP contribution is -2.36. The van der Waals surface area contributed by atoms with Gasteiger partial charge in [-0.15, -0.1) is 0 Å². The summed E-state index contributed by atoms with van der Waals surface area (Å²) >= 11 is 0. The van der Waals surface area contributed by atoms with Gasteiger partial charge in [-0.3, -0.25) is 14.6 Å². The van der Waals surface area contributed by atoms with E-state index in [1.807, 2.05) is 4.90 Å². The van der Waals surface area contributed by atoms with Crippen molar-refractivity contribution in [3.8, 4) is 0 Å². The minimum atomic E-state index is -0.0748. The van der Waals surface area contributed by atoms with Gasteiger partial charge in [0, 0.05) is 39.1 Å². The van der Waals surface area contributed by atoms with Crippen LogP contribution in [-0.2, 0) is 0 Å². The molecule has 1 aliphatic rings. The van der Waals surface area contributed by atoms with Crippen LogP contribution in [0.2, 0.25) is 0 Å². The molecular formula is C17H25N3O2. The molecule has 0 unspecified atom stereocenters. The Hall–Kier alpha value is -1.91. The second-order valence-corrected chi connectivity index (χ2v) is 5.90. The molecule has 1 aliphatic heterocycles. The van der Waals surface area contributed by atoms with Gasteiger partial charge in [0.05, 0.1) is 11.1 Å². The number of rotatable bonds is 5. The quantitative estimate of drug-likeness (QED) is 0.840. The molecule has 0 aliphatic carbocycles. The molecule has 120 valence electrons. The monoisotopic (exact) mass is 303 g/mol. The lowest BCUT2D eigenvalue weighted by molar-refractivity contribution is 0.0724. The lowest BCUT2D eigenvalue weighted by atomic mass is 10.1. The standard InChI is InChI=1S/C17H25N3O2/c1-3-4-8-19(2)16(21)14-11-15(13-18-12-14)17(22)20-9-6-5-7-10-20/h11-13H,3-10H2,1-2H3. The number of likely N-dealkylation sites (tertiary alicyclic amines) is 1. The van der Waals surface area contributed by atoms with E-state index in [2.05, 4.69) is 11.9 Å². The molecule has 2 heterocycles. The van der Waals surface area contributed by atoms with Gasteiger partial charge in [0.1, 0.15) is 0 Å². The van der Waals surface area contributed by atoms with E-state index in [9.17, 15) is 9.59 Å². The first-order valence-electron chi connectivity index (χ1n) is 8.13. The summed E-state index contributed by atoms with van der Waals surface area (Å²) in [5.74, 6) is -0.0905. The van der Waals surface area contributed by atoms with Gasteiger partial charge in [0.2, 0.25) is 0 Å². The highest BCUT2D eigenvalue weighted by atomic mass is 16.2. The summed E-state index contributed by atoms with van der Waals surface area (Å²) in [7, 11) is 1.79. The van der Waals surface area contributed by atoms with E-state index >= 15 is 0 Å². The zero-order chi connectivity index (χ0) is 15.9. The molecule has 0 spiro atoms. The Morgan fingerprint density at radius 1 is 1.18 bits per heavy atom. The number of hydrogen-bond acceptors (Lipinski definition) is 3. The zero-order valence-electron chi connectivity index (χ0n) is 13.5. The first-order valence-corrected chi connectivity index (χ1v) is 8.13. The van der Waals surface area contributed by atoms with E-state index in [4.69, 9.17) is 0 Å². The summed E-state index contributed by atoms with van der Waals surface area (Å²) in [4.78, 5) is 32.5. The van der Waals surface area contributed by atoms with Crippen LogP contribution in [0.4, 0.5) is 0 Å². The predicted octanol–water partition coefficient (Wildman–Crippen LogP) is 2.58. The van der Waals surface area contributed by atoms with Crippen molar-refractivity contribution >= 4 is 11.8 Å². The van der Waals surface area contributed by atoms with Crippen molar-refractivity contribution in [2.45, 2.75) is 39.0 Å². The molecule has 2 rings (SSSR count). The molecule has 2 amide bonds. The highest BCUT2D eigenvalue weighted by Gasteiger charge is 2.20. The normalized spacial score (nSPS) is 14.7. The molecule has 22 heavy (non-hydrogen) atoms. The lowest BCUT2D eigenvalue weighted by Gasteiger charge is -2.26. The molecule has 0 bridgehead atoms.